The molecule has 1 aliphatic heterocycles. The van der Waals surface area contributed by atoms with Gasteiger partial charge in [-0.1, -0.05) is 134 Å². The molecule has 1 spiro atoms. The van der Waals surface area contributed by atoms with E-state index in [-0.39, 0.29) is 0 Å². The Hall–Kier alpha value is -4.56. The van der Waals surface area contributed by atoms with Crippen LogP contribution in [0, 0.1) is 0 Å². The maximum absolute atomic E-state index is 5.44. The first-order valence-electron chi connectivity index (χ1n) is 15.0. The zero-order chi connectivity index (χ0) is 27.2. The summed E-state index contributed by atoms with van der Waals surface area (Å²) in [5.74, 6) is 0. The van der Waals surface area contributed by atoms with E-state index in [0.29, 0.717) is 0 Å². The topological polar surface area (TPSA) is 24.7 Å². The number of rotatable bonds is 4. The van der Waals surface area contributed by atoms with Crippen molar-refractivity contribution in [3.8, 4) is 0 Å². The van der Waals surface area contributed by atoms with E-state index in [2.05, 4.69) is 121 Å². The Labute approximate surface area is 242 Å². The molecule has 2 nitrogen and oxygen atoms in total. The first kappa shape index (κ1) is 24.3. The lowest BCUT2D eigenvalue weighted by atomic mass is 9.64. The lowest BCUT2D eigenvalue weighted by Crippen LogP contribution is -2.34. The minimum Gasteiger partial charge on any atom is -0.167 e. The summed E-state index contributed by atoms with van der Waals surface area (Å²) < 4.78 is 0. The summed E-state index contributed by atoms with van der Waals surface area (Å²) in [6.07, 6.45) is 7.32. The van der Waals surface area contributed by atoms with Crippen LogP contribution in [0.2, 0.25) is 0 Å². The zero-order valence-corrected chi connectivity index (χ0v) is 23.2. The van der Waals surface area contributed by atoms with Crippen LogP contribution < -0.4 is 0 Å². The molecule has 0 atom stereocenters. The van der Waals surface area contributed by atoms with Gasteiger partial charge >= 0.3 is 0 Å². The molecule has 0 N–H and O–H groups in total. The Kier molecular flexibility index (Phi) is 5.81. The molecule has 0 radical (unpaired) electrons. The van der Waals surface area contributed by atoms with Gasteiger partial charge in [0.1, 0.15) is 0 Å². The molecular weight excluding hydrogens is 496 g/mol. The van der Waals surface area contributed by atoms with Gasteiger partial charge in [-0.3, -0.25) is 0 Å². The Morgan fingerprint density at radius 3 is 1.29 bits per heavy atom. The maximum atomic E-state index is 5.44. The van der Waals surface area contributed by atoms with Crippen molar-refractivity contribution in [2.24, 2.45) is 10.2 Å². The average molecular weight is 529 g/mol. The zero-order valence-electron chi connectivity index (χ0n) is 23.2. The standard InChI is InChI=1S/C39H32N2/c1-2-16-26-32-31(25-15-1)37-38(32)40-41-39(37)35(29-21-11-5-12-22-29)33(27-17-7-3-8-18-27)34(28-19-9-4-10-20-28)36(39)30-23-13-6-14-24-30/h3-14,17-24H,1-2,15-16,25-26H2. The molecule has 4 aromatic rings. The molecular formula is C39H32N2. The van der Waals surface area contributed by atoms with Crippen LogP contribution >= 0.6 is 0 Å². The molecule has 4 aliphatic rings. The van der Waals surface area contributed by atoms with Crippen molar-refractivity contribution in [2.75, 3.05) is 0 Å². The molecule has 0 fully saturated rings. The van der Waals surface area contributed by atoms with Crippen molar-refractivity contribution in [3.63, 3.8) is 0 Å². The van der Waals surface area contributed by atoms with Crippen LogP contribution in [0.4, 0.5) is 0 Å². The van der Waals surface area contributed by atoms with Crippen molar-refractivity contribution in [2.45, 2.75) is 44.1 Å². The van der Waals surface area contributed by atoms with Crippen molar-refractivity contribution in [1.82, 2.24) is 0 Å². The molecule has 8 rings (SSSR count). The minimum absolute atomic E-state index is 0.688. The summed E-state index contributed by atoms with van der Waals surface area (Å²) in [6.45, 7) is 0. The summed E-state index contributed by atoms with van der Waals surface area (Å²) in [5.41, 5.74) is 14.7. The summed E-state index contributed by atoms with van der Waals surface area (Å²) in [6, 6.07) is 43.7. The summed E-state index contributed by atoms with van der Waals surface area (Å²) in [4.78, 5) is 0. The highest BCUT2D eigenvalue weighted by atomic mass is 15.2. The van der Waals surface area contributed by atoms with Crippen molar-refractivity contribution >= 4 is 22.3 Å². The number of nitrogens with zero attached hydrogens (tertiary/aromatic N) is 2. The number of hydrogen-bond acceptors (Lipinski definition) is 2. The molecule has 2 heteroatoms. The second-order valence-corrected chi connectivity index (χ2v) is 11.5. The van der Waals surface area contributed by atoms with Crippen LogP contribution in [0.3, 0.4) is 0 Å². The van der Waals surface area contributed by atoms with Crippen molar-refractivity contribution < 1.29 is 0 Å². The largest absolute Gasteiger partial charge is 0.167 e. The van der Waals surface area contributed by atoms with Gasteiger partial charge in [0, 0.05) is 16.7 Å². The smallest absolute Gasteiger partial charge is 0.162 e. The van der Waals surface area contributed by atoms with Crippen LogP contribution in [0.5, 0.6) is 0 Å². The molecule has 0 bridgehead atoms. The van der Waals surface area contributed by atoms with Crippen LogP contribution in [0.1, 0.15) is 60.8 Å². The fourth-order valence-corrected chi connectivity index (χ4v) is 7.49. The predicted octanol–water partition coefficient (Wildman–Crippen LogP) is 10.3. The normalized spacial score (nSPS) is 19.3. The van der Waals surface area contributed by atoms with Crippen LogP contribution in [-0.4, -0.2) is 5.54 Å². The van der Waals surface area contributed by atoms with E-state index in [1.807, 2.05) is 0 Å². The van der Waals surface area contributed by atoms with Crippen LogP contribution in [0.25, 0.3) is 22.3 Å². The maximum Gasteiger partial charge on any atom is 0.162 e. The second kappa shape index (κ2) is 9.82. The van der Waals surface area contributed by atoms with Gasteiger partial charge in [-0.2, -0.15) is 10.2 Å². The molecule has 0 saturated heterocycles. The summed E-state index contributed by atoms with van der Waals surface area (Å²) in [5, 5.41) is 10.5. The third kappa shape index (κ3) is 3.63. The highest BCUT2D eigenvalue weighted by Crippen LogP contribution is 2.67. The van der Waals surface area contributed by atoms with Gasteiger partial charge < -0.3 is 0 Å². The fraction of sp³-hybridized carbons (Fsp3) is 0.179. The quantitative estimate of drug-likeness (QED) is 0.252. The van der Waals surface area contributed by atoms with Gasteiger partial charge in [0.25, 0.3) is 0 Å². The first-order valence-corrected chi connectivity index (χ1v) is 15.0. The number of benzene rings is 4. The van der Waals surface area contributed by atoms with Gasteiger partial charge in [-0.25, -0.2) is 0 Å². The lowest BCUT2D eigenvalue weighted by Gasteiger charge is -2.38. The average Bonchev–Trinajstić information content (AvgIpc) is 3.51. The molecule has 0 amide bonds. The van der Waals surface area contributed by atoms with E-state index in [1.54, 1.807) is 0 Å². The Morgan fingerprint density at radius 1 is 0.415 bits per heavy atom. The highest BCUT2D eigenvalue weighted by molar-refractivity contribution is 6.33. The van der Waals surface area contributed by atoms with Gasteiger partial charge in [0.05, 0.1) is 5.70 Å². The van der Waals surface area contributed by atoms with E-state index in [9.17, 15) is 0 Å². The molecule has 0 aromatic heterocycles. The van der Waals surface area contributed by atoms with Crippen molar-refractivity contribution in [3.05, 3.63) is 166 Å². The molecule has 4 aromatic carbocycles. The summed E-state index contributed by atoms with van der Waals surface area (Å²) in [7, 11) is 0. The minimum atomic E-state index is -0.688. The third-order valence-electron chi connectivity index (χ3n) is 9.18. The molecule has 1 heterocycles. The van der Waals surface area contributed by atoms with E-state index in [4.69, 9.17) is 10.2 Å². The third-order valence-corrected chi connectivity index (χ3v) is 9.18. The molecule has 41 heavy (non-hydrogen) atoms. The molecule has 198 valence electrons. The highest BCUT2D eigenvalue weighted by Gasteiger charge is 2.58. The van der Waals surface area contributed by atoms with E-state index >= 15 is 0 Å². The van der Waals surface area contributed by atoms with Gasteiger partial charge in [-0.05, 0) is 70.2 Å². The van der Waals surface area contributed by atoms with E-state index in [0.717, 1.165) is 18.5 Å². The van der Waals surface area contributed by atoms with Crippen LogP contribution in [-0.2, 0) is 0 Å². The van der Waals surface area contributed by atoms with Crippen molar-refractivity contribution in [1.29, 1.82) is 0 Å². The molecule has 0 unspecified atom stereocenters. The van der Waals surface area contributed by atoms with Gasteiger partial charge in [0.15, 0.2) is 5.54 Å². The summed E-state index contributed by atoms with van der Waals surface area (Å²) >= 11 is 0. The van der Waals surface area contributed by atoms with Crippen LogP contribution in [0.15, 0.2) is 154 Å². The number of hydrogen-bond donors (Lipinski definition) is 0. The Bertz CT molecular complexity index is 1690. The predicted molar refractivity (Wildman–Crippen MR) is 169 cm³/mol. The number of allylic oxidation sites excluding steroid dienone is 3. The second-order valence-electron chi connectivity index (χ2n) is 11.5. The van der Waals surface area contributed by atoms with Gasteiger partial charge in [-0.15, -0.1) is 0 Å². The monoisotopic (exact) mass is 528 g/mol. The SMILES string of the molecule is c1ccc(C2=C(c3ccccc3)C3(N=NC4=C3C3=C4CCCCCC3)C(c3ccccc3)=C2c2ccccc2)cc1. The van der Waals surface area contributed by atoms with E-state index < -0.39 is 5.54 Å². The number of fused-ring (bicyclic) bond motifs is 3. The lowest BCUT2D eigenvalue weighted by molar-refractivity contribution is 0.601. The Balaban J connectivity index is 1.52. The molecule has 0 saturated carbocycles. The Morgan fingerprint density at radius 2 is 0.829 bits per heavy atom. The van der Waals surface area contributed by atoms with E-state index in [1.165, 1.54) is 86.9 Å². The fourth-order valence-electron chi connectivity index (χ4n) is 7.49. The molecule has 3 aliphatic carbocycles. The number of azo groups is 1. The first-order chi connectivity index (χ1) is 20.4. The van der Waals surface area contributed by atoms with Gasteiger partial charge in [0.2, 0.25) is 0 Å².